The van der Waals surface area contributed by atoms with E-state index in [1.807, 2.05) is 44.3 Å². The van der Waals surface area contributed by atoms with Crippen LogP contribution in [0.3, 0.4) is 0 Å². The molecule has 2 atom stereocenters. The molecule has 0 aliphatic rings. The highest BCUT2D eigenvalue weighted by molar-refractivity contribution is 6.34. The predicted molar refractivity (Wildman–Crippen MR) is 142 cm³/mol. The van der Waals surface area contributed by atoms with Crippen molar-refractivity contribution in [3.63, 3.8) is 0 Å². The minimum Gasteiger partial charge on any atom is -0.359 e. The Hall–Kier alpha value is -2.39. The van der Waals surface area contributed by atoms with E-state index >= 15 is 0 Å². The van der Waals surface area contributed by atoms with Gasteiger partial charge in [0.1, 0.15) is 0 Å². The first kappa shape index (κ1) is 24.3. The van der Waals surface area contributed by atoms with Crippen LogP contribution in [0, 0.1) is 6.92 Å². The van der Waals surface area contributed by atoms with Gasteiger partial charge < -0.3 is 10.2 Å². The number of halogens is 3. The molecule has 0 aliphatic carbocycles. The van der Waals surface area contributed by atoms with Gasteiger partial charge in [-0.15, -0.1) is 11.6 Å². The van der Waals surface area contributed by atoms with Gasteiger partial charge in [0, 0.05) is 51.2 Å². The Bertz CT molecular complexity index is 1100. The molecule has 0 radical (unpaired) electrons. The number of hydrogen-bond donors (Lipinski definition) is 1. The standard InChI is InChI=1S/C27H27Cl3N2/c1-17-9-11-26(12-10-17)32(5)20(4)21-7-6-8-25(15-21)31-19(3)27(18(2)28)22-13-23(29)16-24(30)14-22/h6-16,18,27,31H,3-4H2,1-2,5H3. The van der Waals surface area contributed by atoms with Gasteiger partial charge in [-0.05, 0) is 67.4 Å². The fraction of sp³-hybridized carbons (Fsp3) is 0.185. The maximum absolute atomic E-state index is 6.54. The summed E-state index contributed by atoms with van der Waals surface area (Å²) < 4.78 is 0. The highest BCUT2D eigenvalue weighted by Gasteiger charge is 2.22. The van der Waals surface area contributed by atoms with Gasteiger partial charge in [0.25, 0.3) is 0 Å². The average Bonchev–Trinajstić information content (AvgIpc) is 2.72. The topological polar surface area (TPSA) is 15.3 Å². The van der Waals surface area contributed by atoms with E-state index in [4.69, 9.17) is 34.8 Å². The van der Waals surface area contributed by atoms with E-state index in [2.05, 4.69) is 60.6 Å². The van der Waals surface area contributed by atoms with Gasteiger partial charge in [-0.25, -0.2) is 0 Å². The SMILES string of the molecule is C=C(Nc1cccc(C(=C)N(C)c2ccc(C)cc2)c1)C(c1cc(Cl)cc(Cl)c1)C(C)Cl. The molecular formula is C27H27Cl3N2. The number of alkyl halides is 1. The molecule has 0 saturated heterocycles. The van der Waals surface area contributed by atoms with E-state index in [0.717, 1.165) is 33.9 Å². The second-order valence-electron chi connectivity index (χ2n) is 7.93. The number of aryl methyl sites for hydroxylation is 1. The zero-order chi connectivity index (χ0) is 23.4. The molecule has 0 aliphatic heterocycles. The average molecular weight is 486 g/mol. The predicted octanol–water partition coefficient (Wildman–Crippen LogP) is 8.75. The quantitative estimate of drug-likeness (QED) is 0.321. The Kier molecular flexibility index (Phi) is 7.95. The Labute approximate surface area is 206 Å². The van der Waals surface area contributed by atoms with E-state index in [9.17, 15) is 0 Å². The van der Waals surface area contributed by atoms with Crippen LogP contribution in [0.1, 0.15) is 29.5 Å². The first-order valence-electron chi connectivity index (χ1n) is 10.3. The molecule has 3 rings (SSSR count). The Morgan fingerprint density at radius 2 is 1.56 bits per heavy atom. The van der Waals surface area contributed by atoms with Gasteiger partial charge in [0.15, 0.2) is 0 Å². The van der Waals surface area contributed by atoms with Gasteiger partial charge in [-0.3, -0.25) is 0 Å². The van der Waals surface area contributed by atoms with Crippen molar-refractivity contribution in [1.82, 2.24) is 0 Å². The van der Waals surface area contributed by atoms with E-state index < -0.39 is 0 Å². The summed E-state index contributed by atoms with van der Waals surface area (Å²) >= 11 is 19.0. The molecule has 3 aromatic carbocycles. The van der Waals surface area contributed by atoms with Gasteiger partial charge in [0.05, 0.1) is 0 Å². The lowest BCUT2D eigenvalue weighted by molar-refractivity contribution is 0.775. The van der Waals surface area contributed by atoms with Crippen LogP contribution in [0.5, 0.6) is 0 Å². The molecule has 0 fully saturated rings. The van der Waals surface area contributed by atoms with Crippen molar-refractivity contribution in [1.29, 1.82) is 0 Å². The summed E-state index contributed by atoms with van der Waals surface area (Å²) in [5.41, 5.74) is 6.79. The summed E-state index contributed by atoms with van der Waals surface area (Å²) in [7, 11) is 2.01. The van der Waals surface area contributed by atoms with Crippen LogP contribution in [0.15, 0.2) is 85.6 Å². The van der Waals surface area contributed by atoms with Crippen molar-refractivity contribution in [2.45, 2.75) is 25.1 Å². The number of allylic oxidation sites excluding steroid dienone is 1. The number of rotatable bonds is 8. The molecule has 32 heavy (non-hydrogen) atoms. The van der Waals surface area contributed by atoms with E-state index in [-0.39, 0.29) is 11.3 Å². The van der Waals surface area contributed by atoms with Crippen LogP contribution in [0.2, 0.25) is 10.0 Å². The molecule has 166 valence electrons. The van der Waals surface area contributed by atoms with Gasteiger partial charge >= 0.3 is 0 Å². The molecule has 1 N–H and O–H groups in total. The van der Waals surface area contributed by atoms with Crippen molar-refractivity contribution in [3.8, 4) is 0 Å². The Morgan fingerprint density at radius 3 is 2.16 bits per heavy atom. The van der Waals surface area contributed by atoms with Crippen molar-refractivity contribution < 1.29 is 0 Å². The number of anilines is 2. The third kappa shape index (κ3) is 5.89. The van der Waals surface area contributed by atoms with Gasteiger partial charge in [0.2, 0.25) is 0 Å². The molecule has 2 nitrogen and oxygen atoms in total. The fourth-order valence-corrected chi connectivity index (χ4v) is 4.50. The van der Waals surface area contributed by atoms with E-state index in [1.54, 1.807) is 6.07 Å². The molecule has 5 heteroatoms. The minimum atomic E-state index is -0.213. The smallest absolute Gasteiger partial charge is 0.0431 e. The first-order chi connectivity index (χ1) is 15.2. The molecular weight excluding hydrogens is 459 g/mol. The fourth-order valence-electron chi connectivity index (χ4n) is 3.66. The number of nitrogens with one attached hydrogen (secondary N) is 1. The van der Waals surface area contributed by atoms with Gasteiger partial charge in [-0.1, -0.05) is 66.2 Å². The number of nitrogens with zero attached hydrogens (tertiary/aromatic N) is 1. The third-order valence-electron chi connectivity index (χ3n) is 5.41. The molecule has 3 aromatic rings. The summed E-state index contributed by atoms with van der Waals surface area (Å²) in [6.07, 6.45) is 0. The summed E-state index contributed by atoms with van der Waals surface area (Å²) in [4.78, 5) is 2.07. The highest BCUT2D eigenvalue weighted by atomic mass is 35.5. The van der Waals surface area contributed by atoms with Crippen molar-refractivity contribution >= 4 is 51.9 Å². The second-order valence-corrected chi connectivity index (χ2v) is 9.49. The summed E-state index contributed by atoms with van der Waals surface area (Å²) in [6.45, 7) is 12.6. The zero-order valence-corrected chi connectivity index (χ0v) is 20.8. The van der Waals surface area contributed by atoms with E-state index in [1.165, 1.54) is 5.56 Å². The maximum Gasteiger partial charge on any atom is 0.0431 e. The molecule has 0 amide bonds. The molecule has 2 unspecified atom stereocenters. The van der Waals surface area contributed by atoms with E-state index in [0.29, 0.717) is 10.0 Å². The van der Waals surface area contributed by atoms with Crippen LogP contribution in [0.4, 0.5) is 11.4 Å². The first-order valence-corrected chi connectivity index (χ1v) is 11.5. The Balaban J connectivity index is 1.81. The van der Waals surface area contributed by atoms with Crippen molar-refractivity contribution in [2.24, 2.45) is 0 Å². The lowest BCUT2D eigenvalue weighted by atomic mass is 9.93. The van der Waals surface area contributed by atoms with Crippen LogP contribution in [-0.4, -0.2) is 12.4 Å². The monoisotopic (exact) mass is 484 g/mol. The van der Waals surface area contributed by atoms with Crippen LogP contribution in [0.25, 0.3) is 5.70 Å². The van der Waals surface area contributed by atoms with Gasteiger partial charge in [-0.2, -0.15) is 0 Å². The Morgan fingerprint density at radius 1 is 0.938 bits per heavy atom. The van der Waals surface area contributed by atoms with Crippen molar-refractivity contribution in [3.05, 3.63) is 112 Å². The molecule has 0 aromatic heterocycles. The van der Waals surface area contributed by atoms with Crippen LogP contribution in [-0.2, 0) is 0 Å². The number of hydrogen-bond acceptors (Lipinski definition) is 2. The summed E-state index contributed by atoms with van der Waals surface area (Å²) in [5, 5.41) is 4.34. The lowest BCUT2D eigenvalue weighted by Crippen LogP contribution is -2.17. The lowest BCUT2D eigenvalue weighted by Gasteiger charge is -2.25. The van der Waals surface area contributed by atoms with Crippen LogP contribution >= 0.6 is 34.8 Å². The zero-order valence-electron chi connectivity index (χ0n) is 18.5. The normalized spacial score (nSPS) is 12.7. The van der Waals surface area contributed by atoms with Crippen LogP contribution < -0.4 is 10.2 Å². The number of benzene rings is 3. The minimum absolute atomic E-state index is 0.171. The highest BCUT2D eigenvalue weighted by Crippen LogP contribution is 2.35. The second kappa shape index (κ2) is 10.5. The molecule has 0 bridgehead atoms. The molecule has 0 saturated carbocycles. The molecule has 0 heterocycles. The molecule has 0 spiro atoms. The maximum atomic E-state index is 6.54. The third-order valence-corrected chi connectivity index (χ3v) is 6.09. The van der Waals surface area contributed by atoms with Crippen molar-refractivity contribution in [2.75, 3.05) is 17.3 Å². The largest absolute Gasteiger partial charge is 0.359 e. The summed E-state index contributed by atoms with van der Waals surface area (Å²) in [6, 6.07) is 21.9. The summed E-state index contributed by atoms with van der Waals surface area (Å²) in [5.74, 6) is -0.171.